The molecular weight excluding hydrogens is 354 g/mol. The second kappa shape index (κ2) is 8.23. The summed E-state index contributed by atoms with van der Waals surface area (Å²) in [6.07, 6.45) is 0. The fourth-order valence-corrected chi connectivity index (χ4v) is 2.44. The SMILES string of the molecule is CCOC(=O)c1cccc(NC(=O)C(C)(C)Oc2ccc(Cl)cc2)c1C. The van der Waals surface area contributed by atoms with Gasteiger partial charge in [0.2, 0.25) is 0 Å². The number of anilines is 1. The molecule has 0 bridgehead atoms. The maximum atomic E-state index is 12.7. The molecule has 0 spiro atoms. The number of carbonyl (C=O) groups excluding carboxylic acids is 2. The van der Waals surface area contributed by atoms with E-state index in [0.717, 1.165) is 0 Å². The minimum atomic E-state index is -1.12. The molecule has 0 radical (unpaired) electrons. The van der Waals surface area contributed by atoms with Gasteiger partial charge in [-0.05, 0) is 69.7 Å². The molecular formula is C20H22ClNO4. The number of benzene rings is 2. The first-order valence-electron chi connectivity index (χ1n) is 8.27. The van der Waals surface area contributed by atoms with Gasteiger partial charge in [-0.2, -0.15) is 0 Å². The second-order valence-corrected chi connectivity index (χ2v) is 6.66. The number of hydrogen-bond acceptors (Lipinski definition) is 4. The van der Waals surface area contributed by atoms with Crippen molar-refractivity contribution in [2.24, 2.45) is 0 Å². The summed E-state index contributed by atoms with van der Waals surface area (Å²) in [4.78, 5) is 24.7. The van der Waals surface area contributed by atoms with Gasteiger partial charge >= 0.3 is 5.97 Å². The van der Waals surface area contributed by atoms with Gasteiger partial charge in [0, 0.05) is 10.7 Å². The van der Waals surface area contributed by atoms with Crippen molar-refractivity contribution in [3.05, 3.63) is 58.6 Å². The highest BCUT2D eigenvalue weighted by molar-refractivity contribution is 6.30. The van der Waals surface area contributed by atoms with Gasteiger partial charge in [0.05, 0.1) is 12.2 Å². The molecule has 0 aliphatic rings. The maximum absolute atomic E-state index is 12.7. The third kappa shape index (κ3) is 4.76. The van der Waals surface area contributed by atoms with Crippen LogP contribution in [-0.4, -0.2) is 24.1 Å². The van der Waals surface area contributed by atoms with Gasteiger partial charge in [-0.3, -0.25) is 4.79 Å². The fourth-order valence-electron chi connectivity index (χ4n) is 2.32. The summed E-state index contributed by atoms with van der Waals surface area (Å²) in [6, 6.07) is 11.9. The number of amides is 1. The van der Waals surface area contributed by atoms with Crippen molar-refractivity contribution < 1.29 is 19.1 Å². The molecule has 5 nitrogen and oxygen atoms in total. The summed E-state index contributed by atoms with van der Waals surface area (Å²) in [5.74, 6) is -0.221. The van der Waals surface area contributed by atoms with E-state index in [0.29, 0.717) is 27.6 Å². The van der Waals surface area contributed by atoms with Crippen LogP contribution in [0.3, 0.4) is 0 Å². The number of halogens is 1. The van der Waals surface area contributed by atoms with E-state index in [9.17, 15) is 9.59 Å². The number of nitrogens with one attached hydrogen (secondary N) is 1. The lowest BCUT2D eigenvalue weighted by molar-refractivity contribution is -0.128. The molecule has 2 rings (SSSR count). The van der Waals surface area contributed by atoms with Crippen molar-refractivity contribution in [3.63, 3.8) is 0 Å². The Bertz CT molecular complexity index is 800. The fraction of sp³-hybridized carbons (Fsp3) is 0.300. The molecule has 0 saturated heterocycles. The highest BCUT2D eigenvalue weighted by Gasteiger charge is 2.30. The van der Waals surface area contributed by atoms with Crippen LogP contribution in [0.1, 0.15) is 36.7 Å². The van der Waals surface area contributed by atoms with Crippen LogP contribution >= 0.6 is 11.6 Å². The van der Waals surface area contributed by atoms with Crippen LogP contribution in [0.25, 0.3) is 0 Å². The Morgan fingerprint density at radius 3 is 2.38 bits per heavy atom. The summed E-state index contributed by atoms with van der Waals surface area (Å²) >= 11 is 5.86. The lowest BCUT2D eigenvalue weighted by Crippen LogP contribution is -2.42. The van der Waals surface area contributed by atoms with E-state index in [4.69, 9.17) is 21.1 Å². The van der Waals surface area contributed by atoms with E-state index in [1.807, 2.05) is 0 Å². The molecule has 0 heterocycles. The summed E-state index contributed by atoms with van der Waals surface area (Å²) in [5.41, 5.74) is 0.469. The summed E-state index contributed by atoms with van der Waals surface area (Å²) in [6.45, 7) is 7.13. The summed E-state index contributed by atoms with van der Waals surface area (Å²) in [5, 5.41) is 3.41. The Morgan fingerprint density at radius 1 is 1.12 bits per heavy atom. The zero-order valence-corrected chi connectivity index (χ0v) is 16.0. The number of hydrogen-bond donors (Lipinski definition) is 1. The van der Waals surface area contributed by atoms with Gasteiger partial charge in [0.15, 0.2) is 5.60 Å². The molecule has 6 heteroatoms. The minimum Gasteiger partial charge on any atom is -0.478 e. The third-order valence-electron chi connectivity index (χ3n) is 3.81. The lowest BCUT2D eigenvalue weighted by atomic mass is 10.0. The molecule has 26 heavy (non-hydrogen) atoms. The first-order chi connectivity index (χ1) is 12.2. The number of carbonyl (C=O) groups is 2. The van der Waals surface area contributed by atoms with Gasteiger partial charge < -0.3 is 14.8 Å². The van der Waals surface area contributed by atoms with E-state index in [1.165, 1.54) is 0 Å². The first kappa shape index (κ1) is 19.8. The Labute approximate surface area is 158 Å². The molecule has 1 amide bonds. The second-order valence-electron chi connectivity index (χ2n) is 6.22. The van der Waals surface area contributed by atoms with E-state index in [1.54, 1.807) is 70.2 Å². The highest BCUT2D eigenvalue weighted by Crippen LogP contribution is 2.24. The molecule has 0 unspecified atom stereocenters. The van der Waals surface area contributed by atoms with Crippen molar-refractivity contribution in [1.82, 2.24) is 0 Å². The van der Waals surface area contributed by atoms with Crippen LogP contribution in [0, 0.1) is 6.92 Å². The topological polar surface area (TPSA) is 64.6 Å². The third-order valence-corrected chi connectivity index (χ3v) is 4.06. The van der Waals surface area contributed by atoms with Gasteiger partial charge in [0.1, 0.15) is 5.75 Å². The van der Waals surface area contributed by atoms with Gasteiger partial charge in [0.25, 0.3) is 5.91 Å². The molecule has 1 N–H and O–H groups in total. The van der Waals surface area contributed by atoms with Crippen LogP contribution in [0.4, 0.5) is 5.69 Å². The van der Waals surface area contributed by atoms with Crippen LogP contribution < -0.4 is 10.1 Å². The largest absolute Gasteiger partial charge is 0.478 e. The molecule has 0 fully saturated rings. The normalized spacial score (nSPS) is 11.0. The predicted octanol–water partition coefficient (Wildman–Crippen LogP) is 4.62. The molecule has 0 aliphatic carbocycles. The van der Waals surface area contributed by atoms with Crippen molar-refractivity contribution in [2.75, 3.05) is 11.9 Å². The summed E-state index contributed by atoms with van der Waals surface area (Å²) in [7, 11) is 0. The van der Waals surface area contributed by atoms with Gasteiger partial charge in [-0.25, -0.2) is 4.79 Å². The molecule has 2 aromatic carbocycles. The monoisotopic (exact) mass is 375 g/mol. The van der Waals surface area contributed by atoms with Crippen molar-refractivity contribution in [1.29, 1.82) is 0 Å². The van der Waals surface area contributed by atoms with Crippen molar-refractivity contribution in [3.8, 4) is 5.75 Å². The van der Waals surface area contributed by atoms with E-state index in [2.05, 4.69) is 5.32 Å². The zero-order valence-electron chi connectivity index (χ0n) is 15.3. The van der Waals surface area contributed by atoms with Crippen LogP contribution in [0.15, 0.2) is 42.5 Å². The smallest absolute Gasteiger partial charge is 0.338 e. The molecule has 0 aromatic heterocycles. The predicted molar refractivity (Wildman–Crippen MR) is 102 cm³/mol. The molecule has 0 atom stereocenters. The summed E-state index contributed by atoms with van der Waals surface area (Å²) < 4.78 is 10.8. The van der Waals surface area contributed by atoms with Gasteiger partial charge in [-0.1, -0.05) is 17.7 Å². The molecule has 0 saturated carbocycles. The average Bonchev–Trinajstić information content (AvgIpc) is 2.58. The zero-order chi connectivity index (χ0) is 19.3. The van der Waals surface area contributed by atoms with Crippen LogP contribution in [-0.2, 0) is 9.53 Å². The first-order valence-corrected chi connectivity index (χ1v) is 8.65. The Morgan fingerprint density at radius 2 is 1.77 bits per heavy atom. The number of ether oxygens (including phenoxy) is 2. The maximum Gasteiger partial charge on any atom is 0.338 e. The van der Waals surface area contributed by atoms with E-state index < -0.39 is 11.6 Å². The molecule has 138 valence electrons. The standard InChI is InChI=1S/C20H22ClNO4/c1-5-25-18(23)16-7-6-8-17(13(16)2)22-19(24)20(3,4)26-15-11-9-14(21)10-12-15/h6-12H,5H2,1-4H3,(H,22,24). The van der Waals surface area contributed by atoms with Gasteiger partial charge in [-0.15, -0.1) is 0 Å². The van der Waals surface area contributed by atoms with Crippen molar-refractivity contribution in [2.45, 2.75) is 33.3 Å². The molecule has 0 aliphatic heterocycles. The number of rotatable bonds is 6. The quantitative estimate of drug-likeness (QED) is 0.748. The van der Waals surface area contributed by atoms with E-state index >= 15 is 0 Å². The van der Waals surface area contributed by atoms with Crippen molar-refractivity contribution >= 4 is 29.2 Å². The van der Waals surface area contributed by atoms with E-state index in [-0.39, 0.29) is 12.5 Å². The Balaban J connectivity index is 2.16. The lowest BCUT2D eigenvalue weighted by Gasteiger charge is -2.26. The average molecular weight is 376 g/mol. The Hall–Kier alpha value is -2.53. The van der Waals surface area contributed by atoms with Crippen LogP contribution in [0.5, 0.6) is 5.75 Å². The minimum absolute atomic E-state index is 0.289. The van der Waals surface area contributed by atoms with Crippen LogP contribution in [0.2, 0.25) is 5.02 Å². The molecule has 2 aromatic rings. The highest BCUT2D eigenvalue weighted by atomic mass is 35.5. The number of esters is 1. The Kier molecular flexibility index (Phi) is 6.27.